The van der Waals surface area contributed by atoms with Gasteiger partial charge in [-0.25, -0.2) is 4.79 Å². The summed E-state index contributed by atoms with van der Waals surface area (Å²) in [6.45, 7) is 1.50. The maximum atomic E-state index is 10.9. The Morgan fingerprint density at radius 1 is 1.08 bits per heavy atom. The van der Waals surface area contributed by atoms with Crippen molar-refractivity contribution in [3.63, 3.8) is 0 Å². The molecule has 0 spiro atoms. The molecule has 0 N–H and O–H groups in total. The van der Waals surface area contributed by atoms with Crippen LogP contribution >= 0.6 is 0 Å². The van der Waals surface area contributed by atoms with E-state index < -0.39 is 5.97 Å². The summed E-state index contributed by atoms with van der Waals surface area (Å²) in [6, 6.07) is 0. The van der Waals surface area contributed by atoms with Crippen molar-refractivity contribution in [2.24, 2.45) is 0 Å². The van der Waals surface area contributed by atoms with E-state index in [9.17, 15) is 4.79 Å². The fourth-order valence-electron chi connectivity index (χ4n) is 0.611. The summed E-state index contributed by atoms with van der Waals surface area (Å²) in [5.41, 5.74) is 0.210. The molecular weight excluding hydrogens is 164 g/mol. The zero-order chi connectivity index (χ0) is 9.56. The van der Waals surface area contributed by atoms with Gasteiger partial charge in [0, 0.05) is 0 Å². The highest BCUT2D eigenvalue weighted by Gasteiger charge is 2.14. The Morgan fingerprint density at radius 3 is 1.92 bits per heavy atom. The molecule has 0 bridgehead atoms. The van der Waals surface area contributed by atoms with Crippen LogP contribution in [0.5, 0.6) is 0 Å². The van der Waals surface area contributed by atoms with Crippen molar-refractivity contribution in [2.45, 2.75) is 6.92 Å². The Kier molecular flexibility index (Phi) is 4.87. The van der Waals surface area contributed by atoms with Gasteiger partial charge in [-0.05, 0) is 6.92 Å². The fraction of sp³-hybridized carbons (Fsp3) is 0.571. The van der Waals surface area contributed by atoms with Crippen LogP contribution in [0.3, 0.4) is 0 Å². The van der Waals surface area contributed by atoms with Gasteiger partial charge in [-0.2, -0.15) is 4.89 Å². The largest absolute Gasteiger partial charge is 0.468 e. The Hall–Kier alpha value is -1.23. The predicted molar refractivity (Wildman–Crippen MR) is 39.8 cm³/mol. The average Bonchev–Trinajstić information content (AvgIpc) is 2.07. The number of carbonyl (C=O) groups excluding carboxylic acids is 1. The van der Waals surface area contributed by atoms with Crippen molar-refractivity contribution >= 4 is 5.97 Å². The second-order valence-corrected chi connectivity index (χ2v) is 1.86. The molecular formula is C7H12O5. The summed E-state index contributed by atoms with van der Waals surface area (Å²) in [5.74, 6) is -0.534. The van der Waals surface area contributed by atoms with E-state index in [1.807, 2.05) is 0 Å². The van der Waals surface area contributed by atoms with Gasteiger partial charge in [-0.3, -0.25) is 4.89 Å². The van der Waals surface area contributed by atoms with Gasteiger partial charge in [-0.15, -0.1) is 0 Å². The topological polar surface area (TPSA) is 54.0 Å². The minimum Gasteiger partial charge on any atom is -0.468 e. The summed E-state index contributed by atoms with van der Waals surface area (Å²) in [5, 5.41) is 0. The molecule has 0 saturated heterocycles. The third-order valence-electron chi connectivity index (χ3n) is 1.14. The molecule has 0 unspecified atom stereocenters. The summed E-state index contributed by atoms with van der Waals surface area (Å²) >= 11 is 0. The highest BCUT2D eigenvalue weighted by atomic mass is 17.2. The van der Waals surface area contributed by atoms with Crippen LogP contribution in [0.2, 0.25) is 0 Å². The quantitative estimate of drug-likeness (QED) is 0.272. The smallest absolute Gasteiger partial charge is 0.375 e. The molecule has 0 aromatic carbocycles. The van der Waals surface area contributed by atoms with Crippen molar-refractivity contribution < 1.29 is 24.0 Å². The van der Waals surface area contributed by atoms with Gasteiger partial charge in [0.25, 0.3) is 5.95 Å². The van der Waals surface area contributed by atoms with Crippen LogP contribution in [-0.4, -0.2) is 27.3 Å². The lowest BCUT2D eigenvalue weighted by Gasteiger charge is -2.06. The first kappa shape index (κ1) is 10.8. The number of carbonyl (C=O) groups is 1. The Bertz CT molecular complexity index is 178. The molecule has 0 aromatic rings. The Labute approximate surface area is 70.8 Å². The van der Waals surface area contributed by atoms with Crippen molar-refractivity contribution in [3.05, 3.63) is 11.5 Å². The zero-order valence-corrected chi connectivity index (χ0v) is 7.54. The normalized spacial score (nSPS) is 8.67. The monoisotopic (exact) mass is 176 g/mol. The minimum absolute atomic E-state index is 0.108. The van der Waals surface area contributed by atoms with E-state index in [0.717, 1.165) is 0 Å². The molecule has 5 heteroatoms. The van der Waals surface area contributed by atoms with E-state index >= 15 is 0 Å². The van der Waals surface area contributed by atoms with Gasteiger partial charge < -0.3 is 9.47 Å². The van der Waals surface area contributed by atoms with E-state index in [1.54, 1.807) is 0 Å². The molecule has 0 rings (SSSR count). The van der Waals surface area contributed by atoms with Gasteiger partial charge in [0.2, 0.25) is 0 Å². The first-order chi connectivity index (χ1) is 5.67. The maximum Gasteiger partial charge on any atom is 0.375 e. The second kappa shape index (κ2) is 5.42. The Morgan fingerprint density at radius 2 is 1.58 bits per heavy atom. The molecule has 0 aliphatic heterocycles. The lowest BCUT2D eigenvalue weighted by molar-refractivity contribution is -0.250. The van der Waals surface area contributed by atoms with Crippen LogP contribution in [0.25, 0.3) is 0 Å². The highest BCUT2D eigenvalue weighted by molar-refractivity contribution is 5.87. The van der Waals surface area contributed by atoms with E-state index in [2.05, 4.69) is 9.78 Å². The SMILES string of the molecule is COOC(=O)C(C)=C(OC)OC. The summed E-state index contributed by atoms with van der Waals surface area (Å²) < 4.78 is 9.46. The molecule has 0 amide bonds. The van der Waals surface area contributed by atoms with Crippen LogP contribution < -0.4 is 0 Å². The molecule has 0 atom stereocenters. The molecule has 0 saturated carbocycles. The van der Waals surface area contributed by atoms with Gasteiger partial charge in [0.05, 0.1) is 21.3 Å². The van der Waals surface area contributed by atoms with Crippen molar-refractivity contribution in [1.82, 2.24) is 0 Å². The van der Waals surface area contributed by atoms with Crippen LogP contribution in [0.1, 0.15) is 6.92 Å². The van der Waals surface area contributed by atoms with Crippen LogP contribution in [0.15, 0.2) is 11.5 Å². The standard InChI is InChI=1S/C7H12O5/c1-5(6(8)12-11-4)7(9-2)10-3/h1-4H3. The lowest BCUT2D eigenvalue weighted by Crippen LogP contribution is -2.09. The summed E-state index contributed by atoms with van der Waals surface area (Å²) in [4.78, 5) is 19.3. The first-order valence-electron chi connectivity index (χ1n) is 3.21. The van der Waals surface area contributed by atoms with Crippen molar-refractivity contribution in [2.75, 3.05) is 21.3 Å². The second-order valence-electron chi connectivity index (χ2n) is 1.86. The molecule has 0 fully saturated rings. The van der Waals surface area contributed by atoms with Crippen LogP contribution in [-0.2, 0) is 24.0 Å². The highest BCUT2D eigenvalue weighted by Crippen LogP contribution is 2.07. The third-order valence-corrected chi connectivity index (χ3v) is 1.14. The molecule has 0 aliphatic rings. The van der Waals surface area contributed by atoms with E-state index in [1.165, 1.54) is 28.3 Å². The van der Waals surface area contributed by atoms with Gasteiger partial charge in [-0.1, -0.05) is 0 Å². The van der Waals surface area contributed by atoms with Crippen LogP contribution in [0.4, 0.5) is 0 Å². The number of rotatable bonds is 4. The summed E-state index contributed by atoms with van der Waals surface area (Å²) in [6.07, 6.45) is 0. The lowest BCUT2D eigenvalue weighted by atomic mass is 10.3. The fourth-order valence-corrected chi connectivity index (χ4v) is 0.611. The number of ether oxygens (including phenoxy) is 2. The van der Waals surface area contributed by atoms with Crippen molar-refractivity contribution in [3.8, 4) is 0 Å². The number of methoxy groups -OCH3 is 2. The number of hydrogen-bond acceptors (Lipinski definition) is 5. The molecule has 0 aromatic heterocycles. The first-order valence-corrected chi connectivity index (χ1v) is 3.21. The Balaban J connectivity index is 4.39. The predicted octanol–water partition coefficient (Wildman–Crippen LogP) is 0.615. The van der Waals surface area contributed by atoms with Gasteiger partial charge in [0.15, 0.2) is 0 Å². The molecule has 5 nitrogen and oxygen atoms in total. The average molecular weight is 176 g/mol. The molecule has 0 heterocycles. The summed E-state index contributed by atoms with van der Waals surface area (Å²) in [7, 11) is 4.02. The van der Waals surface area contributed by atoms with Crippen LogP contribution in [0, 0.1) is 0 Å². The van der Waals surface area contributed by atoms with Crippen molar-refractivity contribution in [1.29, 1.82) is 0 Å². The molecule has 12 heavy (non-hydrogen) atoms. The van der Waals surface area contributed by atoms with E-state index in [0.29, 0.717) is 0 Å². The van der Waals surface area contributed by atoms with Gasteiger partial charge in [0.1, 0.15) is 5.57 Å². The van der Waals surface area contributed by atoms with Gasteiger partial charge >= 0.3 is 5.97 Å². The minimum atomic E-state index is -0.642. The molecule has 70 valence electrons. The molecule has 0 aliphatic carbocycles. The van der Waals surface area contributed by atoms with E-state index in [-0.39, 0.29) is 11.5 Å². The maximum absolute atomic E-state index is 10.9. The van der Waals surface area contributed by atoms with E-state index in [4.69, 9.17) is 9.47 Å². The molecule has 0 radical (unpaired) electrons. The number of hydrogen-bond donors (Lipinski definition) is 0. The third kappa shape index (κ3) is 2.79. The zero-order valence-electron chi connectivity index (χ0n) is 7.54.